The van der Waals surface area contributed by atoms with Crippen LogP contribution in [0.5, 0.6) is 0 Å². The molecular formula is C2H2N4O3. The van der Waals surface area contributed by atoms with Crippen molar-refractivity contribution < 1.29 is 9.56 Å². The molecule has 0 aliphatic rings. The highest BCUT2D eigenvalue weighted by molar-refractivity contribution is 5.13. The molecule has 0 aromatic carbocycles. The van der Waals surface area contributed by atoms with Gasteiger partial charge in [0.15, 0.2) is 5.03 Å². The first-order chi connectivity index (χ1) is 4.29. The Bertz CT molecular complexity index is 194. The second-order valence-corrected chi connectivity index (χ2v) is 1.12. The van der Waals surface area contributed by atoms with Crippen LogP contribution in [0.1, 0.15) is 0 Å². The predicted molar refractivity (Wildman–Crippen MR) is 24.9 cm³/mol. The summed E-state index contributed by atoms with van der Waals surface area (Å²) in [5.41, 5.74) is 1.69. The highest BCUT2D eigenvalue weighted by atomic mass is 16.7. The Morgan fingerprint density at radius 2 is 2.67 bits per heavy atom. The van der Waals surface area contributed by atoms with Crippen molar-refractivity contribution in [3.63, 3.8) is 0 Å². The molecule has 0 spiro atoms. The number of hydrogen-bond acceptors (Lipinski definition) is 5. The molecule has 0 saturated heterocycles. The lowest BCUT2D eigenvalue weighted by molar-refractivity contribution is -0.446. The summed E-state index contributed by atoms with van der Waals surface area (Å²) in [6.45, 7) is 0. The van der Waals surface area contributed by atoms with Crippen LogP contribution in [0.3, 0.4) is 0 Å². The number of hydrogen-bond donors (Lipinski definition) is 1. The van der Waals surface area contributed by atoms with E-state index in [1.165, 1.54) is 0 Å². The summed E-state index contributed by atoms with van der Waals surface area (Å²) in [5.74, 6) is -0.153. The first kappa shape index (κ1) is 5.48. The van der Waals surface area contributed by atoms with Gasteiger partial charge < -0.3 is 4.52 Å². The van der Waals surface area contributed by atoms with Crippen molar-refractivity contribution in [3.05, 3.63) is 16.5 Å². The fourth-order valence-electron chi connectivity index (χ4n) is 0.301. The number of hydrazine groups is 1. The van der Waals surface area contributed by atoms with E-state index >= 15 is 0 Å². The van der Waals surface area contributed by atoms with Gasteiger partial charge in [0, 0.05) is 0 Å². The van der Waals surface area contributed by atoms with E-state index in [-0.39, 0.29) is 5.95 Å². The summed E-state index contributed by atoms with van der Waals surface area (Å²) in [5, 5.41) is 12.0. The van der Waals surface area contributed by atoms with Crippen LogP contribution >= 0.6 is 0 Å². The largest absolute Gasteiger partial charge is 0.341 e. The molecule has 0 amide bonds. The molecule has 0 saturated carbocycles. The SMILES string of the molecule is O=[N+]([O-])Nc1ncon1. The van der Waals surface area contributed by atoms with Crippen LogP contribution in [0, 0.1) is 10.1 Å². The van der Waals surface area contributed by atoms with Crippen LogP contribution in [-0.2, 0) is 0 Å². The minimum absolute atomic E-state index is 0.153. The van der Waals surface area contributed by atoms with Gasteiger partial charge in [-0.1, -0.05) is 5.43 Å². The third-order valence-corrected chi connectivity index (χ3v) is 0.553. The lowest BCUT2D eigenvalue weighted by atomic mass is 11.1. The van der Waals surface area contributed by atoms with Gasteiger partial charge >= 0.3 is 5.95 Å². The molecule has 0 atom stereocenters. The Morgan fingerprint density at radius 1 is 1.89 bits per heavy atom. The molecule has 0 aliphatic carbocycles. The summed E-state index contributed by atoms with van der Waals surface area (Å²) in [4.78, 5) is 13.0. The first-order valence-corrected chi connectivity index (χ1v) is 1.96. The van der Waals surface area contributed by atoms with Crippen molar-refractivity contribution in [3.8, 4) is 0 Å². The number of nitrogens with one attached hydrogen (secondary N) is 1. The number of nitro groups is 1. The normalized spacial score (nSPS) is 8.89. The van der Waals surface area contributed by atoms with E-state index in [0.717, 1.165) is 6.39 Å². The molecule has 1 N–H and O–H groups in total. The molecule has 0 bridgehead atoms. The molecule has 0 fully saturated rings. The van der Waals surface area contributed by atoms with Gasteiger partial charge in [0.05, 0.1) is 0 Å². The molecule has 48 valence electrons. The van der Waals surface area contributed by atoms with Crippen molar-refractivity contribution in [2.45, 2.75) is 0 Å². The zero-order valence-electron chi connectivity index (χ0n) is 4.14. The van der Waals surface area contributed by atoms with Crippen molar-refractivity contribution in [2.24, 2.45) is 0 Å². The molecule has 1 aromatic rings. The Hall–Kier alpha value is -1.66. The second kappa shape index (κ2) is 2.07. The first-order valence-electron chi connectivity index (χ1n) is 1.96. The highest BCUT2D eigenvalue weighted by Gasteiger charge is 2.01. The average molecular weight is 130 g/mol. The van der Waals surface area contributed by atoms with Gasteiger partial charge in [0.1, 0.15) is 0 Å². The zero-order chi connectivity index (χ0) is 6.69. The monoisotopic (exact) mass is 130 g/mol. The van der Waals surface area contributed by atoms with Crippen LogP contribution in [0.2, 0.25) is 0 Å². The third kappa shape index (κ3) is 1.37. The van der Waals surface area contributed by atoms with Gasteiger partial charge in [-0.15, -0.1) is 0 Å². The maximum Gasteiger partial charge on any atom is 0.323 e. The second-order valence-electron chi connectivity index (χ2n) is 1.12. The fourth-order valence-corrected chi connectivity index (χ4v) is 0.301. The molecule has 9 heavy (non-hydrogen) atoms. The predicted octanol–water partition coefficient (Wildman–Crippen LogP) is -0.327. The maximum absolute atomic E-state index is 9.64. The number of nitrogens with zero attached hydrogens (tertiary/aromatic N) is 3. The summed E-state index contributed by atoms with van der Waals surface area (Å²) in [6, 6.07) is 0. The van der Waals surface area contributed by atoms with Crippen LogP contribution in [-0.4, -0.2) is 15.2 Å². The number of aromatic nitrogens is 2. The topological polar surface area (TPSA) is 94.1 Å². The molecule has 0 radical (unpaired) electrons. The van der Waals surface area contributed by atoms with E-state index in [0.29, 0.717) is 0 Å². The van der Waals surface area contributed by atoms with E-state index < -0.39 is 5.03 Å². The molecule has 7 nitrogen and oxygen atoms in total. The van der Waals surface area contributed by atoms with E-state index in [9.17, 15) is 10.1 Å². The summed E-state index contributed by atoms with van der Waals surface area (Å²) in [6.07, 6.45) is 0.992. The molecule has 1 aromatic heterocycles. The Kier molecular flexibility index (Phi) is 1.26. The molecule has 0 aliphatic heterocycles. The molecule has 1 rings (SSSR count). The molecule has 0 unspecified atom stereocenters. The highest BCUT2D eigenvalue weighted by Crippen LogP contribution is 1.92. The van der Waals surface area contributed by atoms with Crippen molar-refractivity contribution in [2.75, 3.05) is 5.43 Å². The standard InChI is InChI=1S/C2H2N4O3/c7-6(8)4-2-3-1-9-5-2/h1H,(H,4,5). The summed E-state index contributed by atoms with van der Waals surface area (Å²) >= 11 is 0. The summed E-state index contributed by atoms with van der Waals surface area (Å²) in [7, 11) is 0. The summed E-state index contributed by atoms with van der Waals surface area (Å²) < 4.78 is 4.19. The van der Waals surface area contributed by atoms with E-state index in [1.807, 2.05) is 0 Å². The van der Waals surface area contributed by atoms with Crippen molar-refractivity contribution in [1.82, 2.24) is 10.1 Å². The maximum atomic E-state index is 9.64. The Morgan fingerprint density at radius 3 is 3.11 bits per heavy atom. The third-order valence-electron chi connectivity index (χ3n) is 0.553. The molecule has 7 heteroatoms. The Balaban J connectivity index is 2.58. The van der Waals surface area contributed by atoms with Gasteiger partial charge in [0.2, 0.25) is 6.39 Å². The minimum Gasteiger partial charge on any atom is -0.341 e. The Labute approximate surface area is 48.8 Å². The average Bonchev–Trinajstić information content (AvgIpc) is 2.15. The van der Waals surface area contributed by atoms with Crippen LogP contribution in [0.25, 0.3) is 0 Å². The lowest BCUT2D eigenvalue weighted by Crippen LogP contribution is -2.08. The van der Waals surface area contributed by atoms with Crippen molar-refractivity contribution in [1.29, 1.82) is 0 Å². The van der Waals surface area contributed by atoms with Gasteiger partial charge in [0.25, 0.3) is 0 Å². The molecule has 1 heterocycles. The van der Waals surface area contributed by atoms with Crippen LogP contribution in [0.15, 0.2) is 10.9 Å². The minimum atomic E-state index is -0.773. The van der Waals surface area contributed by atoms with Gasteiger partial charge in [-0.25, -0.2) is 10.1 Å². The van der Waals surface area contributed by atoms with Gasteiger partial charge in [-0.3, -0.25) is 0 Å². The van der Waals surface area contributed by atoms with E-state index in [2.05, 4.69) is 14.7 Å². The van der Waals surface area contributed by atoms with Crippen molar-refractivity contribution >= 4 is 5.95 Å². The number of anilines is 1. The quantitative estimate of drug-likeness (QED) is 0.435. The fraction of sp³-hybridized carbons (Fsp3) is 0. The van der Waals surface area contributed by atoms with Gasteiger partial charge in [-0.05, 0) is 5.16 Å². The van der Waals surface area contributed by atoms with E-state index in [1.54, 1.807) is 5.43 Å². The van der Waals surface area contributed by atoms with Crippen LogP contribution in [0.4, 0.5) is 5.95 Å². The number of rotatable bonds is 2. The van der Waals surface area contributed by atoms with Crippen LogP contribution < -0.4 is 5.43 Å². The lowest BCUT2D eigenvalue weighted by Gasteiger charge is -1.83. The van der Waals surface area contributed by atoms with Gasteiger partial charge in [-0.2, -0.15) is 4.98 Å². The van der Waals surface area contributed by atoms with E-state index in [4.69, 9.17) is 0 Å². The zero-order valence-corrected chi connectivity index (χ0v) is 4.14. The molecular weight excluding hydrogens is 128 g/mol. The smallest absolute Gasteiger partial charge is 0.323 e.